The van der Waals surface area contributed by atoms with E-state index >= 15 is 0 Å². The first-order valence-electron chi connectivity index (χ1n) is 11.1. The number of ether oxygens (including phenoxy) is 1. The molecule has 2 aliphatic heterocycles. The molecule has 1 unspecified atom stereocenters. The van der Waals surface area contributed by atoms with E-state index in [1.54, 1.807) is 0 Å². The van der Waals surface area contributed by atoms with Gasteiger partial charge in [-0.15, -0.1) is 0 Å². The van der Waals surface area contributed by atoms with E-state index in [4.69, 9.17) is 4.74 Å². The molecule has 29 heavy (non-hydrogen) atoms. The van der Waals surface area contributed by atoms with Gasteiger partial charge in [0.15, 0.2) is 5.96 Å². The number of aliphatic imine (C=N–C) groups is 1. The van der Waals surface area contributed by atoms with E-state index < -0.39 is 0 Å². The fourth-order valence-electron chi connectivity index (χ4n) is 3.94. The van der Waals surface area contributed by atoms with Gasteiger partial charge < -0.3 is 25.2 Å². The van der Waals surface area contributed by atoms with Crippen molar-refractivity contribution in [2.24, 2.45) is 10.9 Å². The van der Waals surface area contributed by atoms with Crippen molar-refractivity contribution in [1.82, 2.24) is 20.5 Å². The van der Waals surface area contributed by atoms with Crippen LogP contribution in [-0.4, -0.2) is 74.9 Å². The van der Waals surface area contributed by atoms with Crippen molar-refractivity contribution in [3.63, 3.8) is 0 Å². The summed E-state index contributed by atoms with van der Waals surface area (Å²) in [6, 6.07) is 4.24. The molecule has 0 spiro atoms. The number of morpholine rings is 1. The van der Waals surface area contributed by atoms with E-state index in [9.17, 15) is 0 Å². The standard InChI is InChI=1S/C22H38N6O/c1-18-7-11-27(12-8-18)10-4-9-24-22(23-3)26-16-20-5-6-21(25-15-20)28-13-14-29-19(2)17-28/h5-6,15,18-19H,4,7-14,16-17H2,1-3H3,(H2,23,24,26). The van der Waals surface area contributed by atoms with Gasteiger partial charge in [-0.3, -0.25) is 4.99 Å². The summed E-state index contributed by atoms with van der Waals surface area (Å²) in [5.41, 5.74) is 1.15. The summed E-state index contributed by atoms with van der Waals surface area (Å²) in [7, 11) is 1.82. The maximum Gasteiger partial charge on any atom is 0.191 e. The second kappa shape index (κ2) is 11.4. The normalized spacial score (nSPS) is 22.0. The Morgan fingerprint density at radius 2 is 2.03 bits per heavy atom. The highest BCUT2D eigenvalue weighted by atomic mass is 16.5. The summed E-state index contributed by atoms with van der Waals surface area (Å²) in [5, 5.41) is 6.81. The molecule has 0 aromatic carbocycles. The monoisotopic (exact) mass is 402 g/mol. The Morgan fingerprint density at radius 1 is 1.21 bits per heavy atom. The molecule has 0 bridgehead atoms. The lowest BCUT2D eigenvalue weighted by Crippen LogP contribution is -2.41. The first-order chi connectivity index (χ1) is 14.1. The number of nitrogens with one attached hydrogen (secondary N) is 2. The van der Waals surface area contributed by atoms with E-state index in [0.29, 0.717) is 0 Å². The Bertz CT molecular complexity index is 627. The number of guanidine groups is 1. The van der Waals surface area contributed by atoms with Crippen LogP contribution in [0.1, 0.15) is 38.7 Å². The van der Waals surface area contributed by atoms with Gasteiger partial charge in [-0.2, -0.15) is 0 Å². The summed E-state index contributed by atoms with van der Waals surface area (Å²) >= 11 is 0. The number of aromatic nitrogens is 1. The summed E-state index contributed by atoms with van der Waals surface area (Å²) in [6.45, 7) is 12.4. The van der Waals surface area contributed by atoms with E-state index in [0.717, 1.165) is 62.5 Å². The second-order valence-corrected chi connectivity index (χ2v) is 8.38. The van der Waals surface area contributed by atoms with E-state index in [1.807, 2.05) is 13.2 Å². The highest BCUT2D eigenvalue weighted by molar-refractivity contribution is 5.79. The molecule has 162 valence electrons. The number of piperidine rings is 1. The molecule has 7 heteroatoms. The van der Waals surface area contributed by atoms with E-state index in [1.165, 1.54) is 32.5 Å². The molecule has 3 rings (SSSR count). The highest BCUT2D eigenvalue weighted by Gasteiger charge is 2.18. The molecule has 7 nitrogen and oxygen atoms in total. The Kier molecular flexibility index (Phi) is 8.55. The molecule has 1 atom stereocenters. The maximum absolute atomic E-state index is 5.61. The third kappa shape index (κ3) is 7.16. The van der Waals surface area contributed by atoms with Gasteiger partial charge in [0.25, 0.3) is 0 Å². The smallest absolute Gasteiger partial charge is 0.191 e. The van der Waals surface area contributed by atoms with Crippen LogP contribution in [0.5, 0.6) is 0 Å². The number of hydrogen-bond acceptors (Lipinski definition) is 5. The third-order valence-electron chi connectivity index (χ3n) is 5.88. The van der Waals surface area contributed by atoms with Gasteiger partial charge in [-0.1, -0.05) is 13.0 Å². The number of nitrogens with zero attached hydrogens (tertiary/aromatic N) is 4. The quantitative estimate of drug-likeness (QED) is 0.414. The van der Waals surface area contributed by atoms with E-state index in [-0.39, 0.29) is 6.10 Å². The lowest BCUT2D eigenvalue weighted by molar-refractivity contribution is 0.0529. The van der Waals surface area contributed by atoms with Crippen molar-refractivity contribution in [2.45, 2.75) is 45.8 Å². The van der Waals surface area contributed by atoms with Crippen molar-refractivity contribution in [2.75, 3.05) is 57.8 Å². The van der Waals surface area contributed by atoms with Gasteiger partial charge >= 0.3 is 0 Å². The van der Waals surface area contributed by atoms with Gasteiger partial charge in [0.05, 0.1) is 12.7 Å². The largest absolute Gasteiger partial charge is 0.375 e. The van der Waals surface area contributed by atoms with Gasteiger partial charge in [-0.25, -0.2) is 4.98 Å². The molecule has 2 saturated heterocycles. The molecule has 1 aromatic rings. The number of anilines is 1. The number of hydrogen-bond donors (Lipinski definition) is 2. The van der Waals surface area contributed by atoms with Crippen LogP contribution in [0.15, 0.2) is 23.3 Å². The molecule has 1 aromatic heterocycles. The molecule has 2 fully saturated rings. The topological polar surface area (TPSA) is 65.0 Å². The molecule has 3 heterocycles. The van der Waals surface area contributed by atoms with Crippen LogP contribution < -0.4 is 15.5 Å². The zero-order chi connectivity index (χ0) is 20.5. The summed E-state index contributed by atoms with van der Waals surface area (Å²) < 4.78 is 5.61. The average molecular weight is 403 g/mol. The molecule has 0 radical (unpaired) electrons. The molecular formula is C22H38N6O. The van der Waals surface area contributed by atoms with Gasteiger partial charge in [0.1, 0.15) is 5.82 Å². The fourth-order valence-corrected chi connectivity index (χ4v) is 3.94. The first kappa shape index (κ1) is 21.8. The predicted molar refractivity (Wildman–Crippen MR) is 120 cm³/mol. The molecule has 2 N–H and O–H groups in total. The third-order valence-corrected chi connectivity index (χ3v) is 5.88. The van der Waals surface area contributed by atoms with Crippen LogP contribution in [0.4, 0.5) is 5.82 Å². The minimum atomic E-state index is 0.264. The zero-order valence-electron chi connectivity index (χ0n) is 18.4. The van der Waals surface area contributed by atoms with Crippen molar-refractivity contribution >= 4 is 11.8 Å². The molecule has 0 aliphatic carbocycles. The first-order valence-corrected chi connectivity index (χ1v) is 11.1. The highest BCUT2D eigenvalue weighted by Crippen LogP contribution is 2.16. The SMILES string of the molecule is CN=C(NCCCN1CCC(C)CC1)NCc1ccc(N2CCOC(C)C2)nc1. The lowest BCUT2D eigenvalue weighted by atomic mass is 9.99. The van der Waals surface area contributed by atoms with Crippen LogP contribution in [0.25, 0.3) is 0 Å². The second-order valence-electron chi connectivity index (χ2n) is 8.38. The minimum Gasteiger partial charge on any atom is -0.375 e. The Morgan fingerprint density at radius 3 is 2.72 bits per heavy atom. The summed E-state index contributed by atoms with van der Waals surface area (Å²) in [4.78, 5) is 13.8. The van der Waals surface area contributed by atoms with E-state index in [2.05, 4.69) is 56.4 Å². The summed E-state index contributed by atoms with van der Waals surface area (Å²) in [5.74, 6) is 2.77. The van der Waals surface area contributed by atoms with Crippen LogP contribution >= 0.6 is 0 Å². The number of rotatable bonds is 7. The lowest BCUT2D eigenvalue weighted by Gasteiger charge is -2.32. The minimum absolute atomic E-state index is 0.264. The van der Waals surface area contributed by atoms with Crippen molar-refractivity contribution in [3.8, 4) is 0 Å². The molecule has 0 saturated carbocycles. The number of likely N-dealkylation sites (tertiary alicyclic amines) is 1. The number of pyridine rings is 1. The zero-order valence-corrected chi connectivity index (χ0v) is 18.4. The van der Waals surface area contributed by atoms with Gasteiger partial charge in [0.2, 0.25) is 0 Å². The van der Waals surface area contributed by atoms with Crippen molar-refractivity contribution in [1.29, 1.82) is 0 Å². The Balaban J connectivity index is 1.34. The van der Waals surface area contributed by atoms with Crippen LogP contribution in [0, 0.1) is 5.92 Å². The van der Waals surface area contributed by atoms with Crippen molar-refractivity contribution < 1.29 is 4.74 Å². The average Bonchev–Trinajstić information content (AvgIpc) is 2.75. The molecular weight excluding hydrogens is 364 g/mol. The predicted octanol–water partition coefficient (Wildman–Crippen LogP) is 2.09. The maximum atomic E-state index is 5.61. The Labute approximate surface area is 175 Å². The Hall–Kier alpha value is -1.86. The van der Waals surface area contributed by atoms with Gasteiger partial charge in [-0.05, 0) is 63.4 Å². The molecule has 2 aliphatic rings. The van der Waals surface area contributed by atoms with Gasteiger partial charge in [0, 0.05) is 39.4 Å². The van der Waals surface area contributed by atoms with Crippen LogP contribution in [0.2, 0.25) is 0 Å². The van der Waals surface area contributed by atoms with Crippen LogP contribution in [0.3, 0.4) is 0 Å². The van der Waals surface area contributed by atoms with Crippen molar-refractivity contribution in [3.05, 3.63) is 23.9 Å². The van der Waals surface area contributed by atoms with Crippen LogP contribution in [-0.2, 0) is 11.3 Å². The summed E-state index contributed by atoms with van der Waals surface area (Å²) in [6.07, 6.45) is 6.04. The molecule has 0 amide bonds. The fraction of sp³-hybridized carbons (Fsp3) is 0.727.